The molecule has 3 aromatic carbocycles. The Hall–Kier alpha value is -5.10. The van der Waals surface area contributed by atoms with Gasteiger partial charge in [-0.3, -0.25) is 20.2 Å². The number of benzene rings is 3. The molecule has 0 atom stereocenters. The van der Waals surface area contributed by atoms with Gasteiger partial charge in [-0.2, -0.15) is 10.4 Å². The van der Waals surface area contributed by atoms with Crippen LogP contribution in [0.4, 0.5) is 11.4 Å². The maximum atomic E-state index is 10.9. The minimum atomic E-state index is -0.499. The van der Waals surface area contributed by atoms with E-state index < -0.39 is 9.85 Å². The number of hydrogen-bond donors (Lipinski definition) is 0. The highest BCUT2D eigenvalue weighted by Gasteiger charge is 2.14. The highest BCUT2D eigenvalue weighted by atomic mass is 16.6. The Bertz CT molecular complexity index is 1400. The van der Waals surface area contributed by atoms with Crippen LogP contribution in [0.2, 0.25) is 0 Å². The summed E-state index contributed by atoms with van der Waals surface area (Å²) in [6, 6.07) is 23.3. The summed E-state index contributed by atoms with van der Waals surface area (Å²) in [6.07, 6.45) is 3.39. The van der Waals surface area contributed by atoms with Gasteiger partial charge in [0.2, 0.25) is 0 Å². The van der Waals surface area contributed by atoms with Crippen molar-refractivity contribution in [2.75, 3.05) is 0 Å². The molecule has 0 amide bonds. The van der Waals surface area contributed by atoms with Crippen LogP contribution in [0.25, 0.3) is 28.6 Å². The second-order valence-corrected chi connectivity index (χ2v) is 6.99. The van der Waals surface area contributed by atoms with Crippen molar-refractivity contribution in [2.45, 2.75) is 0 Å². The molecule has 0 unspecified atom stereocenters. The molecule has 0 aliphatic heterocycles. The van der Waals surface area contributed by atoms with Crippen molar-refractivity contribution < 1.29 is 9.85 Å². The summed E-state index contributed by atoms with van der Waals surface area (Å²) in [4.78, 5) is 20.9. The third kappa shape index (κ3) is 4.50. The van der Waals surface area contributed by atoms with E-state index in [1.54, 1.807) is 29.1 Å². The van der Waals surface area contributed by atoms with Gasteiger partial charge >= 0.3 is 0 Å². The summed E-state index contributed by atoms with van der Waals surface area (Å²) >= 11 is 0. The zero-order chi connectivity index (χ0) is 23.4. The molecule has 0 N–H and O–H groups in total. The Balaban J connectivity index is 1.81. The summed E-state index contributed by atoms with van der Waals surface area (Å²) in [5.74, 6) is 0. The van der Waals surface area contributed by atoms with Gasteiger partial charge in [0.15, 0.2) is 0 Å². The number of aromatic nitrogens is 2. The van der Waals surface area contributed by atoms with E-state index in [2.05, 4.69) is 11.2 Å². The molecule has 0 spiro atoms. The van der Waals surface area contributed by atoms with Gasteiger partial charge in [-0.15, -0.1) is 0 Å². The molecular weight excluding hydrogens is 422 g/mol. The van der Waals surface area contributed by atoms with Gasteiger partial charge in [-0.1, -0.05) is 30.3 Å². The first-order valence-electron chi connectivity index (χ1n) is 9.73. The molecule has 160 valence electrons. The highest BCUT2D eigenvalue weighted by molar-refractivity contribution is 5.92. The predicted molar refractivity (Wildman–Crippen MR) is 122 cm³/mol. The van der Waals surface area contributed by atoms with Crippen LogP contribution in [-0.4, -0.2) is 19.6 Å². The number of non-ortho nitro benzene ring substituents is 2. The molecule has 1 heterocycles. The minimum Gasteiger partial charge on any atom is -0.258 e. The Morgan fingerprint density at radius 2 is 1.45 bits per heavy atom. The van der Waals surface area contributed by atoms with Crippen molar-refractivity contribution >= 4 is 23.0 Å². The zero-order valence-corrected chi connectivity index (χ0v) is 17.0. The van der Waals surface area contributed by atoms with Crippen molar-refractivity contribution in [3.63, 3.8) is 0 Å². The molecule has 4 aromatic rings. The summed E-state index contributed by atoms with van der Waals surface area (Å²) in [6.45, 7) is 0. The molecule has 0 aliphatic carbocycles. The molecule has 9 heteroatoms. The smallest absolute Gasteiger partial charge is 0.258 e. The van der Waals surface area contributed by atoms with Crippen LogP contribution in [0.15, 0.2) is 85.1 Å². The number of hydrogen-bond acceptors (Lipinski definition) is 6. The molecule has 0 radical (unpaired) electrons. The molecule has 1 aromatic heterocycles. The van der Waals surface area contributed by atoms with Crippen LogP contribution in [0.5, 0.6) is 0 Å². The molecule has 0 saturated heterocycles. The van der Waals surface area contributed by atoms with Crippen LogP contribution < -0.4 is 0 Å². The van der Waals surface area contributed by atoms with Crippen LogP contribution in [0.3, 0.4) is 0 Å². The monoisotopic (exact) mass is 437 g/mol. The molecule has 0 aliphatic rings. The first kappa shape index (κ1) is 21.1. The number of nitrogens with zero attached hydrogens (tertiary/aromatic N) is 5. The van der Waals surface area contributed by atoms with E-state index in [0.29, 0.717) is 28.1 Å². The van der Waals surface area contributed by atoms with Gasteiger partial charge in [-0.05, 0) is 35.9 Å². The molecule has 9 nitrogen and oxygen atoms in total. The average molecular weight is 437 g/mol. The summed E-state index contributed by atoms with van der Waals surface area (Å²) in [5.41, 5.74) is 3.46. The van der Waals surface area contributed by atoms with Crippen LogP contribution >= 0.6 is 0 Å². The second kappa shape index (κ2) is 8.95. The van der Waals surface area contributed by atoms with Gasteiger partial charge in [0.1, 0.15) is 0 Å². The van der Waals surface area contributed by atoms with Crippen LogP contribution in [-0.2, 0) is 0 Å². The van der Waals surface area contributed by atoms with Gasteiger partial charge in [0.25, 0.3) is 11.4 Å². The topological polar surface area (TPSA) is 128 Å². The lowest BCUT2D eigenvalue weighted by molar-refractivity contribution is -0.385. The Morgan fingerprint density at radius 3 is 2.00 bits per heavy atom. The molecular formula is C24H15N5O4. The molecule has 33 heavy (non-hydrogen) atoms. The third-order valence-electron chi connectivity index (χ3n) is 4.92. The second-order valence-electron chi connectivity index (χ2n) is 6.99. The summed E-state index contributed by atoms with van der Waals surface area (Å²) < 4.78 is 1.59. The number of allylic oxidation sites excluding steroid dienone is 1. The van der Waals surface area contributed by atoms with Crippen LogP contribution in [0, 0.1) is 31.6 Å². The largest absolute Gasteiger partial charge is 0.269 e. The van der Waals surface area contributed by atoms with E-state index in [4.69, 9.17) is 0 Å². The van der Waals surface area contributed by atoms with Gasteiger partial charge < -0.3 is 0 Å². The maximum absolute atomic E-state index is 10.9. The van der Waals surface area contributed by atoms with E-state index in [9.17, 15) is 25.5 Å². The fourth-order valence-electron chi connectivity index (χ4n) is 3.27. The standard InChI is InChI=1S/C24H15N5O4/c25-15-19(17-6-8-22(9-7-17)28(30)31)14-20-16-27(21-10-12-23(13-11-21)29(32)33)26-24(20)18-4-2-1-3-5-18/h1-14,16H. The van der Waals surface area contributed by atoms with E-state index in [0.717, 1.165) is 5.56 Å². The number of nitro groups is 2. The number of nitriles is 1. The minimum absolute atomic E-state index is 0.0285. The molecule has 0 bridgehead atoms. The number of rotatable bonds is 6. The Labute approximate surface area is 187 Å². The highest BCUT2D eigenvalue weighted by Crippen LogP contribution is 2.28. The molecule has 0 fully saturated rings. The van der Waals surface area contributed by atoms with E-state index >= 15 is 0 Å². The average Bonchev–Trinajstić information content (AvgIpc) is 3.27. The number of nitro benzene ring substituents is 2. The van der Waals surface area contributed by atoms with Crippen molar-refractivity contribution in [3.05, 3.63) is 116 Å². The normalized spacial score (nSPS) is 11.1. The van der Waals surface area contributed by atoms with Gasteiger partial charge in [0, 0.05) is 41.6 Å². The Morgan fingerprint density at radius 1 is 0.879 bits per heavy atom. The van der Waals surface area contributed by atoms with Gasteiger partial charge in [-0.25, -0.2) is 4.68 Å². The lowest BCUT2D eigenvalue weighted by atomic mass is 10.0. The maximum Gasteiger partial charge on any atom is 0.269 e. The molecule has 0 saturated carbocycles. The first-order chi connectivity index (χ1) is 16.0. The van der Waals surface area contributed by atoms with E-state index in [1.165, 1.54) is 36.4 Å². The molecule has 4 rings (SSSR count). The fraction of sp³-hybridized carbons (Fsp3) is 0. The Kier molecular flexibility index (Phi) is 5.74. The van der Waals surface area contributed by atoms with Crippen molar-refractivity contribution in [2.24, 2.45) is 0 Å². The zero-order valence-electron chi connectivity index (χ0n) is 17.0. The quantitative estimate of drug-likeness (QED) is 0.225. The SMILES string of the molecule is N#CC(=Cc1cn(-c2ccc([N+](=O)[O-])cc2)nc1-c1ccccc1)c1ccc([N+](=O)[O-])cc1. The van der Waals surface area contributed by atoms with Gasteiger partial charge in [0.05, 0.1) is 32.9 Å². The lowest BCUT2D eigenvalue weighted by Crippen LogP contribution is -1.95. The van der Waals surface area contributed by atoms with E-state index in [1.807, 2.05) is 30.3 Å². The summed E-state index contributed by atoms with van der Waals surface area (Å²) in [7, 11) is 0. The first-order valence-corrected chi connectivity index (χ1v) is 9.73. The fourth-order valence-corrected chi connectivity index (χ4v) is 3.27. The summed E-state index contributed by atoms with van der Waals surface area (Å²) in [5, 5.41) is 36.3. The predicted octanol–water partition coefficient (Wildman–Crippen LogP) is 5.42. The lowest BCUT2D eigenvalue weighted by Gasteiger charge is -2.01. The van der Waals surface area contributed by atoms with Crippen molar-refractivity contribution in [3.8, 4) is 23.0 Å². The van der Waals surface area contributed by atoms with Crippen molar-refractivity contribution in [1.29, 1.82) is 5.26 Å². The van der Waals surface area contributed by atoms with E-state index in [-0.39, 0.29) is 11.4 Å². The van der Waals surface area contributed by atoms with Crippen molar-refractivity contribution in [1.82, 2.24) is 9.78 Å². The van der Waals surface area contributed by atoms with Crippen LogP contribution in [0.1, 0.15) is 11.1 Å². The third-order valence-corrected chi connectivity index (χ3v) is 4.92.